The maximum atomic E-state index is 5.39. The number of fused-ring (bicyclic) bond motifs is 1. The van der Waals surface area contributed by atoms with Crippen LogP contribution in [-0.2, 0) is 17.6 Å². The number of aromatic amines is 1. The number of hydrogen-bond donors (Lipinski definition) is 3. The van der Waals surface area contributed by atoms with Gasteiger partial charge >= 0.3 is 0 Å². The Kier molecular flexibility index (Phi) is 10.1. The van der Waals surface area contributed by atoms with E-state index in [0.29, 0.717) is 0 Å². The monoisotopic (exact) mass is 499 g/mol. The van der Waals surface area contributed by atoms with Gasteiger partial charge in [-0.15, -0.1) is 24.0 Å². The van der Waals surface area contributed by atoms with E-state index in [0.717, 1.165) is 71.3 Å². The van der Waals surface area contributed by atoms with E-state index in [2.05, 4.69) is 58.8 Å². The number of aryl methyl sites for hydroxylation is 1. The molecule has 0 aliphatic carbocycles. The first kappa shape index (κ1) is 23.0. The number of halogens is 1. The molecule has 0 atom stereocenters. The normalized spacial score (nSPS) is 15.4. The molecule has 0 amide bonds. The Bertz CT molecular complexity index is 739. The smallest absolute Gasteiger partial charge is 0.191 e. The first-order chi connectivity index (χ1) is 13.3. The van der Waals surface area contributed by atoms with Gasteiger partial charge in [-0.25, -0.2) is 0 Å². The highest BCUT2D eigenvalue weighted by molar-refractivity contribution is 14.0. The molecule has 6 nitrogen and oxygen atoms in total. The number of rotatable bonds is 8. The van der Waals surface area contributed by atoms with Crippen LogP contribution in [0.4, 0.5) is 0 Å². The van der Waals surface area contributed by atoms with Crippen molar-refractivity contribution in [1.82, 2.24) is 20.5 Å². The van der Waals surface area contributed by atoms with Gasteiger partial charge in [0.25, 0.3) is 0 Å². The van der Waals surface area contributed by atoms with Gasteiger partial charge in [0.05, 0.1) is 19.8 Å². The molecule has 1 saturated heterocycles. The zero-order valence-corrected chi connectivity index (χ0v) is 19.4. The molecule has 0 saturated carbocycles. The van der Waals surface area contributed by atoms with Crippen LogP contribution in [0.15, 0.2) is 29.4 Å². The third-order valence-corrected chi connectivity index (χ3v) is 5.09. The van der Waals surface area contributed by atoms with Crippen LogP contribution in [0.2, 0.25) is 0 Å². The van der Waals surface area contributed by atoms with Crippen LogP contribution < -0.4 is 10.6 Å². The zero-order valence-electron chi connectivity index (χ0n) is 17.1. The van der Waals surface area contributed by atoms with Crippen molar-refractivity contribution in [3.8, 4) is 0 Å². The number of ether oxygens (including phenoxy) is 1. The average Bonchev–Trinajstić information content (AvgIpc) is 3.12. The zero-order chi connectivity index (χ0) is 18.9. The second-order valence-corrected chi connectivity index (χ2v) is 6.90. The lowest BCUT2D eigenvalue weighted by molar-refractivity contribution is 0.0394. The Morgan fingerprint density at radius 2 is 2.00 bits per heavy atom. The van der Waals surface area contributed by atoms with Crippen LogP contribution in [0.25, 0.3) is 10.9 Å². The van der Waals surface area contributed by atoms with E-state index >= 15 is 0 Å². The summed E-state index contributed by atoms with van der Waals surface area (Å²) in [5.74, 6) is 0.903. The molecule has 7 heteroatoms. The van der Waals surface area contributed by atoms with Gasteiger partial charge in [0, 0.05) is 49.8 Å². The van der Waals surface area contributed by atoms with E-state index in [1.165, 1.54) is 22.0 Å². The first-order valence-electron chi connectivity index (χ1n) is 10.2. The quantitative estimate of drug-likeness (QED) is 0.297. The Balaban J connectivity index is 0.00000280. The highest BCUT2D eigenvalue weighted by atomic mass is 127. The van der Waals surface area contributed by atoms with Crippen LogP contribution in [0, 0.1) is 0 Å². The van der Waals surface area contributed by atoms with Gasteiger partial charge in [0.1, 0.15) is 0 Å². The van der Waals surface area contributed by atoms with E-state index in [9.17, 15) is 0 Å². The van der Waals surface area contributed by atoms with Crippen LogP contribution in [0.1, 0.15) is 25.0 Å². The standard InChI is InChI=1S/C21H33N5O.HI/c1-3-17-6-5-7-19-18(16-25-20(17)19)8-9-23-21(22-4-2)24-10-11-26-12-14-27-15-13-26;/h5-7,16,25H,3-4,8-15H2,1-2H3,(H2,22,23,24);1H. The molecule has 0 bridgehead atoms. The molecule has 2 heterocycles. The Morgan fingerprint density at radius 1 is 1.18 bits per heavy atom. The number of morpholine rings is 1. The molecule has 1 aromatic carbocycles. The van der Waals surface area contributed by atoms with E-state index in [1.807, 2.05) is 0 Å². The summed E-state index contributed by atoms with van der Waals surface area (Å²) in [5, 5.41) is 8.15. The van der Waals surface area contributed by atoms with Gasteiger partial charge in [-0.05, 0) is 30.9 Å². The topological polar surface area (TPSA) is 64.7 Å². The van der Waals surface area contributed by atoms with Crippen LogP contribution in [-0.4, -0.2) is 68.3 Å². The summed E-state index contributed by atoms with van der Waals surface area (Å²) in [6, 6.07) is 6.57. The van der Waals surface area contributed by atoms with Crippen molar-refractivity contribution < 1.29 is 4.74 Å². The highest BCUT2D eigenvalue weighted by Crippen LogP contribution is 2.22. The number of H-pyrrole nitrogens is 1. The maximum Gasteiger partial charge on any atom is 0.191 e. The number of nitrogens with one attached hydrogen (secondary N) is 3. The van der Waals surface area contributed by atoms with Crippen LogP contribution in [0.5, 0.6) is 0 Å². The molecule has 1 aliphatic heterocycles. The van der Waals surface area contributed by atoms with Crippen LogP contribution >= 0.6 is 24.0 Å². The van der Waals surface area contributed by atoms with E-state index in [1.54, 1.807) is 0 Å². The van der Waals surface area contributed by atoms with Gasteiger partial charge in [0.2, 0.25) is 0 Å². The predicted octanol–water partition coefficient (Wildman–Crippen LogP) is 2.78. The molecule has 2 aromatic rings. The lowest BCUT2D eigenvalue weighted by Crippen LogP contribution is -2.40. The molecule has 0 spiro atoms. The van der Waals surface area contributed by atoms with Crippen molar-refractivity contribution in [2.45, 2.75) is 26.7 Å². The number of nitrogens with zero attached hydrogens (tertiary/aromatic N) is 2. The summed E-state index contributed by atoms with van der Waals surface area (Å²) < 4.78 is 5.39. The summed E-state index contributed by atoms with van der Waals surface area (Å²) >= 11 is 0. The lowest BCUT2D eigenvalue weighted by atomic mass is 10.1. The fraction of sp³-hybridized carbons (Fsp3) is 0.571. The van der Waals surface area contributed by atoms with Crippen LogP contribution in [0.3, 0.4) is 0 Å². The van der Waals surface area contributed by atoms with Gasteiger partial charge in [-0.1, -0.05) is 25.1 Å². The van der Waals surface area contributed by atoms with Crippen molar-refractivity contribution in [3.05, 3.63) is 35.5 Å². The summed E-state index contributed by atoms with van der Waals surface area (Å²) in [6.07, 6.45) is 4.17. The molecule has 0 radical (unpaired) electrons. The highest BCUT2D eigenvalue weighted by Gasteiger charge is 2.09. The number of guanidine groups is 1. The summed E-state index contributed by atoms with van der Waals surface area (Å²) in [6.45, 7) is 11.5. The Morgan fingerprint density at radius 3 is 2.75 bits per heavy atom. The minimum absolute atomic E-state index is 0. The van der Waals surface area contributed by atoms with Crippen molar-refractivity contribution >= 4 is 40.8 Å². The first-order valence-corrected chi connectivity index (χ1v) is 10.2. The number of para-hydroxylation sites is 1. The third-order valence-electron chi connectivity index (χ3n) is 5.09. The lowest BCUT2D eigenvalue weighted by Gasteiger charge is -2.25. The van der Waals surface area contributed by atoms with E-state index in [-0.39, 0.29) is 24.0 Å². The number of hydrogen-bond acceptors (Lipinski definition) is 3. The predicted molar refractivity (Wildman–Crippen MR) is 128 cm³/mol. The SMILES string of the molecule is CCNC(=NCCN1CCOCC1)NCCc1c[nH]c2c(CC)cccc12.I. The average molecular weight is 499 g/mol. The summed E-state index contributed by atoms with van der Waals surface area (Å²) in [4.78, 5) is 10.6. The van der Waals surface area contributed by atoms with Gasteiger partial charge in [-0.3, -0.25) is 9.89 Å². The summed E-state index contributed by atoms with van der Waals surface area (Å²) in [5.41, 5.74) is 4.02. The molecule has 1 aromatic heterocycles. The second kappa shape index (κ2) is 12.3. The molecule has 28 heavy (non-hydrogen) atoms. The molecular weight excluding hydrogens is 465 g/mol. The third kappa shape index (κ3) is 6.35. The molecule has 156 valence electrons. The fourth-order valence-corrected chi connectivity index (χ4v) is 3.56. The Hall–Kier alpha value is -1.32. The van der Waals surface area contributed by atoms with Gasteiger partial charge in [0.15, 0.2) is 5.96 Å². The van der Waals surface area contributed by atoms with Gasteiger partial charge in [-0.2, -0.15) is 0 Å². The van der Waals surface area contributed by atoms with E-state index in [4.69, 9.17) is 9.73 Å². The van der Waals surface area contributed by atoms with Crippen molar-refractivity contribution in [2.75, 3.05) is 52.5 Å². The number of aromatic nitrogens is 1. The second-order valence-electron chi connectivity index (χ2n) is 6.90. The van der Waals surface area contributed by atoms with Crippen molar-refractivity contribution in [1.29, 1.82) is 0 Å². The fourth-order valence-electron chi connectivity index (χ4n) is 3.56. The largest absolute Gasteiger partial charge is 0.379 e. The minimum atomic E-state index is 0. The Labute approximate surface area is 185 Å². The molecule has 3 N–H and O–H groups in total. The maximum absolute atomic E-state index is 5.39. The molecule has 3 rings (SSSR count). The molecular formula is C21H34IN5O. The van der Waals surface area contributed by atoms with Gasteiger partial charge < -0.3 is 20.4 Å². The molecule has 1 fully saturated rings. The van der Waals surface area contributed by atoms with Crippen molar-refractivity contribution in [2.24, 2.45) is 4.99 Å². The molecule has 0 unspecified atom stereocenters. The number of aliphatic imine (C=N–C) groups is 1. The van der Waals surface area contributed by atoms with E-state index < -0.39 is 0 Å². The minimum Gasteiger partial charge on any atom is -0.379 e. The molecule has 1 aliphatic rings. The number of benzene rings is 1. The summed E-state index contributed by atoms with van der Waals surface area (Å²) in [7, 11) is 0. The van der Waals surface area contributed by atoms with Crippen molar-refractivity contribution in [3.63, 3.8) is 0 Å².